The SMILES string of the molecule is CCOC(=O)C1(C(=O)OCC)C(=O)c2ccccc2NC1C(F)(F)F. The van der Waals surface area contributed by atoms with Gasteiger partial charge in [0, 0.05) is 11.3 Å². The lowest BCUT2D eigenvalue weighted by atomic mass is 9.70. The van der Waals surface area contributed by atoms with Gasteiger partial charge in [-0.05, 0) is 26.0 Å². The Bertz CT molecular complexity index is 683. The number of halogens is 3. The highest BCUT2D eigenvalue weighted by Crippen LogP contribution is 2.45. The van der Waals surface area contributed by atoms with Gasteiger partial charge in [-0.25, -0.2) is 0 Å². The minimum absolute atomic E-state index is 0.126. The van der Waals surface area contributed by atoms with Crippen molar-refractivity contribution in [2.45, 2.75) is 26.1 Å². The molecule has 0 aromatic heterocycles. The zero-order chi connectivity index (χ0) is 18.8. The van der Waals surface area contributed by atoms with Crippen molar-refractivity contribution in [3.8, 4) is 0 Å². The van der Waals surface area contributed by atoms with E-state index in [0.717, 1.165) is 0 Å². The second-order valence-corrected chi connectivity index (χ2v) is 5.24. The van der Waals surface area contributed by atoms with Crippen LogP contribution < -0.4 is 5.32 Å². The summed E-state index contributed by atoms with van der Waals surface area (Å²) < 4.78 is 50.3. The predicted octanol–water partition coefficient (Wildman–Crippen LogP) is 2.34. The number of Topliss-reactive ketones (excluding diaryl/α,β-unsaturated/α-hetero) is 1. The second kappa shape index (κ2) is 6.73. The van der Waals surface area contributed by atoms with Gasteiger partial charge < -0.3 is 14.8 Å². The number of carbonyl (C=O) groups excluding carboxylic acids is 3. The van der Waals surface area contributed by atoms with Gasteiger partial charge in [-0.2, -0.15) is 13.2 Å². The summed E-state index contributed by atoms with van der Waals surface area (Å²) in [5.74, 6) is -4.49. The minimum Gasteiger partial charge on any atom is -0.465 e. The largest absolute Gasteiger partial charge is 0.465 e. The van der Waals surface area contributed by atoms with E-state index in [9.17, 15) is 27.6 Å². The number of fused-ring (bicyclic) bond motifs is 1. The summed E-state index contributed by atoms with van der Waals surface area (Å²) >= 11 is 0. The van der Waals surface area contributed by atoms with Crippen molar-refractivity contribution in [3.05, 3.63) is 29.8 Å². The topological polar surface area (TPSA) is 81.7 Å². The Kier molecular flexibility index (Phi) is 5.05. The molecule has 0 amide bonds. The number of anilines is 1. The van der Waals surface area contributed by atoms with Crippen LogP contribution in [0.15, 0.2) is 24.3 Å². The molecule has 25 heavy (non-hydrogen) atoms. The van der Waals surface area contributed by atoms with E-state index < -0.39 is 35.4 Å². The number of ketones is 1. The van der Waals surface area contributed by atoms with Crippen LogP contribution in [0.2, 0.25) is 0 Å². The molecule has 1 atom stereocenters. The van der Waals surface area contributed by atoms with Crippen LogP contribution in [0, 0.1) is 5.41 Å². The van der Waals surface area contributed by atoms with Gasteiger partial charge in [-0.1, -0.05) is 12.1 Å². The molecule has 0 aliphatic carbocycles. The summed E-state index contributed by atoms with van der Waals surface area (Å²) in [7, 11) is 0. The first-order valence-electron chi connectivity index (χ1n) is 7.52. The third-order valence-electron chi connectivity index (χ3n) is 3.78. The molecule has 1 aliphatic rings. The van der Waals surface area contributed by atoms with E-state index in [1.165, 1.54) is 38.1 Å². The van der Waals surface area contributed by atoms with E-state index in [1.807, 2.05) is 0 Å². The molecule has 6 nitrogen and oxygen atoms in total. The van der Waals surface area contributed by atoms with Crippen molar-refractivity contribution < 1.29 is 37.0 Å². The summed E-state index contributed by atoms with van der Waals surface area (Å²) in [4.78, 5) is 37.7. The van der Waals surface area contributed by atoms with Crippen molar-refractivity contribution in [2.75, 3.05) is 18.5 Å². The number of ether oxygens (including phenoxy) is 2. The van der Waals surface area contributed by atoms with Gasteiger partial charge >= 0.3 is 18.1 Å². The Hall–Kier alpha value is -2.58. The van der Waals surface area contributed by atoms with E-state index in [0.29, 0.717) is 0 Å². The van der Waals surface area contributed by atoms with Crippen LogP contribution in [0.1, 0.15) is 24.2 Å². The first-order chi connectivity index (χ1) is 11.7. The van der Waals surface area contributed by atoms with Crippen molar-refractivity contribution in [1.29, 1.82) is 0 Å². The van der Waals surface area contributed by atoms with Crippen LogP contribution in [0.5, 0.6) is 0 Å². The second-order valence-electron chi connectivity index (χ2n) is 5.24. The summed E-state index contributed by atoms with van der Waals surface area (Å²) in [6, 6.07) is 2.51. The number of rotatable bonds is 4. The van der Waals surface area contributed by atoms with Crippen LogP contribution in [0.3, 0.4) is 0 Å². The van der Waals surface area contributed by atoms with E-state index in [4.69, 9.17) is 0 Å². The van der Waals surface area contributed by atoms with Gasteiger partial charge in [0.25, 0.3) is 5.41 Å². The first-order valence-corrected chi connectivity index (χ1v) is 7.52. The van der Waals surface area contributed by atoms with Crippen LogP contribution in [-0.4, -0.2) is 43.2 Å². The fraction of sp³-hybridized carbons (Fsp3) is 0.438. The monoisotopic (exact) mass is 359 g/mol. The summed E-state index contributed by atoms with van der Waals surface area (Å²) in [5.41, 5.74) is -3.54. The first kappa shape index (κ1) is 18.8. The third-order valence-corrected chi connectivity index (χ3v) is 3.78. The average Bonchev–Trinajstić information content (AvgIpc) is 2.54. The molecule has 1 unspecified atom stereocenters. The van der Waals surface area contributed by atoms with E-state index in [-0.39, 0.29) is 24.5 Å². The Morgan fingerprint density at radius 3 is 2.12 bits per heavy atom. The van der Waals surface area contributed by atoms with Gasteiger partial charge in [0.15, 0.2) is 11.8 Å². The van der Waals surface area contributed by atoms with E-state index in [2.05, 4.69) is 14.8 Å². The maximum absolute atomic E-state index is 13.7. The number of esters is 2. The number of nitrogens with one attached hydrogen (secondary N) is 1. The molecule has 1 aromatic rings. The number of alkyl halides is 3. The molecule has 0 bridgehead atoms. The molecule has 2 rings (SSSR count). The Morgan fingerprint density at radius 2 is 1.64 bits per heavy atom. The van der Waals surface area contributed by atoms with Gasteiger partial charge in [-0.3, -0.25) is 14.4 Å². The molecule has 0 saturated heterocycles. The molecule has 0 radical (unpaired) electrons. The fourth-order valence-corrected chi connectivity index (χ4v) is 2.74. The molecule has 1 N–H and O–H groups in total. The predicted molar refractivity (Wildman–Crippen MR) is 79.9 cm³/mol. The number of carbonyl (C=O) groups is 3. The highest BCUT2D eigenvalue weighted by molar-refractivity contribution is 6.29. The normalized spacial score (nSPS) is 18.8. The van der Waals surface area contributed by atoms with Crippen LogP contribution in [0.4, 0.5) is 18.9 Å². The van der Waals surface area contributed by atoms with Crippen molar-refractivity contribution in [3.63, 3.8) is 0 Å². The number of hydrogen-bond donors (Lipinski definition) is 1. The number of hydrogen-bond acceptors (Lipinski definition) is 6. The molecule has 0 fully saturated rings. The lowest BCUT2D eigenvalue weighted by Crippen LogP contribution is -2.65. The van der Waals surface area contributed by atoms with Crippen molar-refractivity contribution in [2.24, 2.45) is 5.41 Å². The standard InChI is InChI=1S/C16H16F3NO5/c1-3-24-13(22)15(14(23)25-4-2)11(21)9-7-5-6-8-10(9)20-12(15)16(17,18)19/h5-8,12,20H,3-4H2,1-2H3. The molecule has 9 heteroatoms. The molecule has 0 spiro atoms. The highest BCUT2D eigenvalue weighted by Gasteiger charge is 2.70. The van der Waals surface area contributed by atoms with Crippen molar-refractivity contribution >= 4 is 23.4 Å². The lowest BCUT2D eigenvalue weighted by molar-refractivity contribution is -0.194. The molecule has 1 heterocycles. The Balaban J connectivity index is 2.76. The molecule has 136 valence electrons. The molecule has 0 saturated carbocycles. The number of benzene rings is 1. The van der Waals surface area contributed by atoms with Gasteiger partial charge in [0.1, 0.15) is 0 Å². The van der Waals surface area contributed by atoms with Crippen molar-refractivity contribution in [1.82, 2.24) is 0 Å². The third kappa shape index (κ3) is 2.94. The smallest absolute Gasteiger partial charge is 0.410 e. The van der Waals surface area contributed by atoms with Crippen LogP contribution >= 0.6 is 0 Å². The van der Waals surface area contributed by atoms with Crippen LogP contribution in [0.25, 0.3) is 0 Å². The molecule has 1 aliphatic heterocycles. The molecular formula is C16H16F3NO5. The van der Waals surface area contributed by atoms with Crippen LogP contribution in [-0.2, 0) is 19.1 Å². The Labute approximate surface area is 141 Å². The quantitative estimate of drug-likeness (QED) is 0.656. The summed E-state index contributed by atoms with van der Waals surface area (Å²) in [6.45, 7) is 2.10. The minimum atomic E-state index is -5.09. The zero-order valence-corrected chi connectivity index (χ0v) is 13.5. The van der Waals surface area contributed by atoms with Gasteiger partial charge in [0.2, 0.25) is 0 Å². The number of para-hydroxylation sites is 1. The molecule has 1 aromatic carbocycles. The fourth-order valence-electron chi connectivity index (χ4n) is 2.74. The maximum atomic E-state index is 13.7. The van der Waals surface area contributed by atoms with E-state index >= 15 is 0 Å². The van der Waals surface area contributed by atoms with Gasteiger partial charge in [-0.15, -0.1) is 0 Å². The average molecular weight is 359 g/mol. The maximum Gasteiger partial charge on any atom is 0.410 e. The lowest BCUT2D eigenvalue weighted by Gasteiger charge is -2.40. The molecular weight excluding hydrogens is 343 g/mol. The van der Waals surface area contributed by atoms with E-state index in [1.54, 1.807) is 0 Å². The highest BCUT2D eigenvalue weighted by atomic mass is 19.4. The zero-order valence-electron chi connectivity index (χ0n) is 13.5. The summed E-state index contributed by atoms with van der Waals surface area (Å²) in [6.07, 6.45) is -5.09. The Morgan fingerprint density at radius 1 is 1.12 bits per heavy atom. The summed E-state index contributed by atoms with van der Waals surface area (Å²) in [5, 5.41) is 2.09. The van der Waals surface area contributed by atoms with Gasteiger partial charge in [0.05, 0.1) is 13.2 Å².